The van der Waals surface area contributed by atoms with Gasteiger partial charge in [-0.25, -0.2) is 33.4 Å². The number of alkyl halides is 2. The van der Waals surface area contributed by atoms with Gasteiger partial charge in [0.05, 0.1) is 23.5 Å². The third-order valence-electron chi connectivity index (χ3n) is 6.44. The highest BCUT2D eigenvalue weighted by atomic mass is 19.3. The fourth-order valence-electron chi connectivity index (χ4n) is 4.56. The van der Waals surface area contributed by atoms with Crippen LogP contribution < -0.4 is 5.32 Å². The number of hydrogen-bond donors (Lipinski definition) is 2. The normalized spacial score (nSPS) is 19.3. The van der Waals surface area contributed by atoms with Crippen LogP contribution >= 0.6 is 0 Å². The van der Waals surface area contributed by atoms with Gasteiger partial charge in [-0.1, -0.05) is 0 Å². The highest BCUT2D eigenvalue weighted by Crippen LogP contribution is 2.43. The molecule has 0 aromatic carbocycles. The summed E-state index contributed by atoms with van der Waals surface area (Å²) in [5, 5.41) is 17.0. The summed E-state index contributed by atoms with van der Waals surface area (Å²) in [6.45, 7) is -0.355. The molecule has 1 atom stereocenters. The number of imidazole rings is 1. The van der Waals surface area contributed by atoms with Gasteiger partial charge in [0.2, 0.25) is 11.8 Å². The van der Waals surface area contributed by atoms with Crippen LogP contribution in [0.1, 0.15) is 48.8 Å². The van der Waals surface area contributed by atoms with E-state index in [2.05, 4.69) is 30.4 Å². The number of nitrogens with one attached hydrogen (secondary N) is 1. The summed E-state index contributed by atoms with van der Waals surface area (Å²) in [7, 11) is 0. The van der Waals surface area contributed by atoms with Crippen molar-refractivity contribution >= 4 is 28.6 Å². The van der Waals surface area contributed by atoms with Crippen LogP contribution in [0.5, 0.6) is 0 Å². The van der Waals surface area contributed by atoms with Gasteiger partial charge in [-0.15, -0.1) is 0 Å². The number of fused-ring (bicyclic) bond motifs is 1. The molecule has 4 heterocycles. The molecule has 12 heteroatoms. The first-order valence-electron chi connectivity index (χ1n) is 11.4. The van der Waals surface area contributed by atoms with Crippen LogP contribution in [0.4, 0.5) is 20.4 Å². The highest BCUT2D eigenvalue weighted by Gasteiger charge is 2.41. The lowest BCUT2D eigenvalue weighted by Crippen LogP contribution is -2.14. The smallest absolute Gasteiger partial charge is 0.250 e. The minimum absolute atomic E-state index is 0.0260. The fraction of sp³-hybridized carbons (Fsp3) is 0.391. The van der Waals surface area contributed by atoms with Gasteiger partial charge in [0.25, 0.3) is 0 Å². The number of aromatic nitrogens is 7. The lowest BCUT2D eigenvalue weighted by atomic mass is 10.2. The van der Waals surface area contributed by atoms with Gasteiger partial charge in [-0.2, -0.15) is 5.10 Å². The first-order valence-corrected chi connectivity index (χ1v) is 11.4. The second-order valence-electron chi connectivity index (χ2n) is 9.04. The van der Waals surface area contributed by atoms with Crippen molar-refractivity contribution < 1.29 is 18.7 Å². The van der Waals surface area contributed by atoms with Gasteiger partial charge in [-0.05, 0) is 25.3 Å². The van der Waals surface area contributed by atoms with Gasteiger partial charge >= 0.3 is 0 Å². The molecule has 2 aliphatic rings. The maximum absolute atomic E-state index is 13.9. The molecule has 2 saturated carbocycles. The van der Waals surface area contributed by atoms with Crippen molar-refractivity contribution in [1.82, 2.24) is 34.3 Å². The van der Waals surface area contributed by atoms with Crippen molar-refractivity contribution in [3.63, 3.8) is 0 Å². The number of hydrogen-bond acceptors (Lipinski definition) is 8. The van der Waals surface area contributed by atoms with Crippen LogP contribution in [-0.4, -0.2) is 51.2 Å². The molecule has 2 N–H and O–H groups in total. The van der Waals surface area contributed by atoms with E-state index in [1.54, 1.807) is 35.3 Å². The Labute approximate surface area is 198 Å². The van der Waals surface area contributed by atoms with Gasteiger partial charge in [-0.3, -0.25) is 4.79 Å². The lowest BCUT2D eigenvalue weighted by Gasteiger charge is -2.16. The first kappa shape index (κ1) is 21.7. The summed E-state index contributed by atoms with van der Waals surface area (Å²) >= 11 is 0. The molecule has 4 aromatic rings. The topological polar surface area (TPSA) is 124 Å². The van der Waals surface area contributed by atoms with E-state index in [0.717, 1.165) is 12.8 Å². The number of halogens is 2. The number of carbonyl (C=O) groups excluding carboxylic acids is 1. The van der Waals surface area contributed by atoms with E-state index in [9.17, 15) is 18.7 Å². The monoisotopic (exact) mass is 480 g/mol. The van der Waals surface area contributed by atoms with Gasteiger partial charge in [0.1, 0.15) is 29.6 Å². The highest BCUT2D eigenvalue weighted by molar-refractivity contribution is 5.83. The Bertz CT molecular complexity index is 1430. The molecular weight excluding hydrogens is 458 g/mol. The predicted molar refractivity (Wildman–Crippen MR) is 121 cm³/mol. The fourth-order valence-corrected chi connectivity index (χ4v) is 4.56. The number of aliphatic hydroxyl groups is 1. The summed E-state index contributed by atoms with van der Waals surface area (Å²) in [6, 6.07) is 2.93. The number of rotatable bonds is 6. The van der Waals surface area contributed by atoms with Crippen LogP contribution in [0.3, 0.4) is 0 Å². The molecule has 2 aliphatic carbocycles. The number of pyridine rings is 1. The standard InChI is InChI=1S/C23H22F2N8O2/c24-23(25)5-3-15(8-23)33-17-7-19(27-10-16(17)29-20(33)12-34)30-18-4-6-26-21(31-18)14-9-28-32(11-14)22(35)13-1-2-13/h4,6-7,9-11,13,15,34H,1-3,5,8,12H2,(H,26,27,30,31). The largest absolute Gasteiger partial charge is 0.388 e. The Balaban J connectivity index is 1.28. The number of anilines is 2. The van der Waals surface area contributed by atoms with Crippen LogP contribution in [-0.2, 0) is 6.61 Å². The Morgan fingerprint density at radius 1 is 1.17 bits per heavy atom. The molecule has 0 spiro atoms. The number of nitrogens with zero attached hydrogens (tertiary/aromatic N) is 7. The third kappa shape index (κ3) is 4.14. The third-order valence-corrected chi connectivity index (χ3v) is 6.44. The predicted octanol–water partition coefficient (Wildman–Crippen LogP) is 3.73. The molecule has 0 radical (unpaired) electrons. The quantitative estimate of drug-likeness (QED) is 0.428. The molecule has 0 bridgehead atoms. The maximum Gasteiger partial charge on any atom is 0.250 e. The van der Waals surface area contributed by atoms with E-state index in [4.69, 9.17) is 0 Å². The van der Waals surface area contributed by atoms with E-state index in [1.807, 2.05) is 0 Å². The van der Waals surface area contributed by atoms with Crippen LogP contribution in [0.15, 0.2) is 36.9 Å². The van der Waals surface area contributed by atoms with Crippen molar-refractivity contribution in [2.75, 3.05) is 5.32 Å². The molecule has 0 saturated heterocycles. The van der Waals surface area contributed by atoms with Crippen molar-refractivity contribution in [2.45, 2.75) is 50.7 Å². The Morgan fingerprint density at radius 2 is 2.03 bits per heavy atom. The van der Waals surface area contributed by atoms with Gasteiger partial charge in [0.15, 0.2) is 5.82 Å². The van der Waals surface area contributed by atoms with Crippen LogP contribution in [0, 0.1) is 5.92 Å². The zero-order valence-electron chi connectivity index (χ0n) is 18.6. The van der Waals surface area contributed by atoms with E-state index in [-0.39, 0.29) is 31.3 Å². The molecule has 4 aromatic heterocycles. The summed E-state index contributed by atoms with van der Waals surface area (Å²) in [5.41, 5.74) is 1.74. The van der Waals surface area contributed by atoms with Crippen molar-refractivity contribution in [2.24, 2.45) is 5.92 Å². The van der Waals surface area contributed by atoms with Gasteiger partial charge in [0, 0.05) is 43.3 Å². The molecule has 2 fully saturated rings. The summed E-state index contributed by atoms with van der Waals surface area (Å²) in [5.74, 6) is -1.07. The van der Waals surface area contributed by atoms with E-state index in [0.29, 0.717) is 46.3 Å². The summed E-state index contributed by atoms with van der Waals surface area (Å²) in [4.78, 5) is 29.7. The maximum atomic E-state index is 13.9. The first-order chi connectivity index (χ1) is 16.9. The SMILES string of the molecule is O=C(C1CC1)n1cc(-c2nccc(Nc3cc4c(cn3)nc(CO)n4C3CCC(F)(F)C3)n2)cn1. The van der Waals surface area contributed by atoms with Gasteiger partial charge < -0.3 is 15.0 Å². The molecular formula is C23H22F2N8O2. The molecule has 6 rings (SSSR count). The average Bonchev–Trinajstić information content (AvgIpc) is 3.30. The van der Waals surface area contributed by atoms with E-state index in [1.165, 1.54) is 10.9 Å². The van der Waals surface area contributed by atoms with Crippen LogP contribution in [0.25, 0.3) is 22.4 Å². The minimum atomic E-state index is -2.73. The van der Waals surface area contributed by atoms with Crippen molar-refractivity contribution in [3.05, 3.63) is 42.7 Å². The Morgan fingerprint density at radius 3 is 2.77 bits per heavy atom. The second-order valence-corrected chi connectivity index (χ2v) is 9.04. The molecule has 1 unspecified atom stereocenters. The zero-order valence-corrected chi connectivity index (χ0v) is 18.6. The lowest BCUT2D eigenvalue weighted by molar-refractivity contribution is 0.00556. The van der Waals surface area contributed by atoms with E-state index < -0.39 is 12.0 Å². The Hall–Kier alpha value is -3.80. The summed E-state index contributed by atoms with van der Waals surface area (Å²) < 4.78 is 30.8. The molecule has 180 valence electrons. The number of carbonyl (C=O) groups is 1. The number of aliphatic hydroxyl groups excluding tert-OH is 1. The molecule has 0 aliphatic heterocycles. The molecule has 0 amide bonds. The van der Waals surface area contributed by atoms with Crippen molar-refractivity contribution in [1.29, 1.82) is 0 Å². The molecule has 10 nitrogen and oxygen atoms in total. The Kier molecular flexibility index (Phi) is 5.06. The minimum Gasteiger partial charge on any atom is -0.388 e. The van der Waals surface area contributed by atoms with Crippen molar-refractivity contribution in [3.8, 4) is 11.4 Å². The zero-order chi connectivity index (χ0) is 24.2. The second kappa shape index (κ2) is 8.15. The average molecular weight is 480 g/mol. The van der Waals surface area contributed by atoms with E-state index >= 15 is 0 Å². The molecule has 35 heavy (non-hydrogen) atoms. The van der Waals surface area contributed by atoms with Crippen LogP contribution in [0.2, 0.25) is 0 Å². The summed E-state index contributed by atoms with van der Waals surface area (Å²) in [6.07, 6.45) is 7.91.